The molecular formula is C25H34N4O2. The van der Waals surface area contributed by atoms with E-state index < -0.39 is 0 Å². The average molecular weight is 423 g/mol. The summed E-state index contributed by atoms with van der Waals surface area (Å²) in [5.74, 6) is 0.0855. The van der Waals surface area contributed by atoms with Gasteiger partial charge in [0, 0.05) is 56.1 Å². The molecule has 0 aliphatic carbocycles. The Labute approximate surface area is 185 Å². The van der Waals surface area contributed by atoms with Gasteiger partial charge >= 0.3 is 0 Å². The Bertz CT molecular complexity index is 821. The fourth-order valence-corrected chi connectivity index (χ4v) is 4.71. The molecule has 2 aliphatic rings. The molecule has 0 radical (unpaired) electrons. The number of likely N-dealkylation sites (tertiary alicyclic amines) is 1. The van der Waals surface area contributed by atoms with Gasteiger partial charge in [0.25, 0.3) is 0 Å². The minimum absolute atomic E-state index is 0.0441. The van der Waals surface area contributed by atoms with Crippen LogP contribution in [0.2, 0.25) is 0 Å². The number of aliphatic hydroxyl groups excluding tert-OH is 1. The van der Waals surface area contributed by atoms with Crippen molar-refractivity contribution in [3.05, 3.63) is 60.2 Å². The number of rotatable bonds is 8. The van der Waals surface area contributed by atoms with Gasteiger partial charge in [0.1, 0.15) is 0 Å². The fraction of sp³-hybridized carbons (Fsp3) is 0.480. The summed E-state index contributed by atoms with van der Waals surface area (Å²) in [6.45, 7) is 5.32. The number of hydrogen-bond acceptors (Lipinski definition) is 5. The highest BCUT2D eigenvalue weighted by Crippen LogP contribution is 2.22. The van der Waals surface area contributed by atoms with Gasteiger partial charge in [0.15, 0.2) is 0 Å². The molecule has 0 spiro atoms. The monoisotopic (exact) mass is 422 g/mol. The third kappa shape index (κ3) is 6.06. The molecule has 2 heterocycles. The Balaban J connectivity index is 1.22. The van der Waals surface area contributed by atoms with Crippen LogP contribution in [0.1, 0.15) is 24.8 Å². The minimum Gasteiger partial charge on any atom is -0.396 e. The Hall–Kier alpha value is -2.41. The van der Waals surface area contributed by atoms with Crippen LogP contribution in [0.25, 0.3) is 0 Å². The highest BCUT2D eigenvalue weighted by atomic mass is 16.3. The predicted molar refractivity (Wildman–Crippen MR) is 125 cm³/mol. The number of carbonyl (C=O) groups is 1. The second-order valence-electron chi connectivity index (χ2n) is 8.73. The lowest BCUT2D eigenvalue weighted by atomic mass is 9.92. The van der Waals surface area contributed by atoms with Gasteiger partial charge in [0.05, 0.1) is 6.54 Å². The predicted octanol–water partition coefficient (Wildman–Crippen LogP) is 2.70. The summed E-state index contributed by atoms with van der Waals surface area (Å²) in [4.78, 5) is 17.2. The summed E-state index contributed by atoms with van der Waals surface area (Å²) >= 11 is 0. The van der Waals surface area contributed by atoms with Gasteiger partial charge in [-0.3, -0.25) is 9.69 Å². The van der Waals surface area contributed by atoms with Gasteiger partial charge in [-0.25, -0.2) is 0 Å². The maximum Gasteiger partial charge on any atom is 0.238 e. The van der Waals surface area contributed by atoms with Crippen LogP contribution in [0, 0.1) is 5.92 Å². The lowest BCUT2D eigenvalue weighted by molar-refractivity contribution is -0.115. The highest BCUT2D eigenvalue weighted by molar-refractivity contribution is 5.92. The molecule has 2 aromatic carbocycles. The average Bonchev–Trinajstić information content (AvgIpc) is 3.34. The van der Waals surface area contributed by atoms with Crippen molar-refractivity contribution >= 4 is 17.3 Å². The summed E-state index contributed by atoms with van der Waals surface area (Å²) < 4.78 is 0. The summed E-state index contributed by atoms with van der Waals surface area (Å²) in [5, 5.41) is 16.2. The van der Waals surface area contributed by atoms with E-state index in [0.717, 1.165) is 44.8 Å². The van der Waals surface area contributed by atoms with E-state index in [2.05, 4.69) is 56.8 Å². The molecule has 2 aliphatic heterocycles. The normalized spacial score (nSPS) is 21.9. The molecule has 3 N–H and O–H groups in total. The molecule has 2 aromatic rings. The van der Waals surface area contributed by atoms with Crippen molar-refractivity contribution in [3.8, 4) is 0 Å². The first-order chi connectivity index (χ1) is 15.2. The zero-order chi connectivity index (χ0) is 21.5. The summed E-state index contributed by atoms with van der Waals surface area (Å²) in [5.41, 5.74) is 3.34. The van der Waals surface area contributed by atoms with Crippen molar-refractivity contribution in [1.82, 2.24) is 10.2 Å². The van der Waals surface area contributed by atoms with Crippen LogP contribution in [-0.4, -0.2) is 61.3 Å². The molecule has 4 rings (SSSR count). The third-order valence-electron chi connectivity index (χ3n) is 6.45. The quantitative estimate of drug-likeness (QED) is 0.610. The lowest BCUT2D eigenvalue weighted by Gasteiger charge is -2.38. The molecule has 2 fully saturated rings. The Morgan fingerprint density at radius 3 is 2.45 bits per heavy atom. The van der Waals surface area contributed by atoms with Crippen molar-refractivity contribution in [2.24, 2.45) is 5.92 Å². The molecule has 166 valence electrons. The molecular weight excluding hydrogens is 388 g/mol. The zero-order valence-corrected chi connectivity index (χ0v) is 18.2. The maximum atomic E-state index is 12.4. The number of aliphatic hydroxyl groups is 1. The van der Waals surface area contributed by atoms with E-state index in [-0.39, 0.29) is 31.0 Å². The van der Waals surface area contributed by atoms with Crippen LogP contribution >= 0.6 is 0 Å². The molecule has 2 saturated heterocycles. The van der Waals surface area contributed by atoms with Crippen LogP contribution in [0.5, 0.6) is 0 Å². The van der Waals surface area contributed by atoms with Gasteiger partial charge in [-0.2, -0.15) is 0 Å². The summed E-state index contributed by atoms with van der Waals surface area (Å²) in [6, 6.07) is 18.7. The summed E-state index contributed by atoms with van der Waals surface area (Å²) in [7, 11) is 0. The van der Waals surface area contributed by atoms with Crippen LogP contribution in [0.4, 0.5) is 11.4 Å². The van der Waals surface area contributed by atoms with E-state index in [1.165, 1.54) is 24.1 Å². The molecule has 0 bridgehead atoms. The first kappa shape index (κ1) is 21.8. The van der Waals surface area contributed by atoms with E-state index in [0.29, 0.717) is 0 Å². The van der Waals surface area contributed by atoms with Gasteiger partial charge in [-0.1, -0.05) is 30.3 Å². The van der Waals surface area contributed by atoms with Crippen molar-refractivity contribution in [2.75, 3.05) is 49.5 Å². The molecule has 0 unspecified atom stereocenters. The fourth-order valence-electron chi connectivity index (χ4n) is 4.71. The van der Waals surface area contributed by atoms with E-state index in [9.17, 15) is 9.90 Å². The number of piperidine rings is 1. The van der Waals surface area contributed by atoms with E-state index >= 15 is 0 Å². The molecule has 2 atom stereocenters. The van der Waals surface area contributed by atoms with Crippen LogP contribution < -0.4 is 15.5 Å². The van der Waals surface area contributed by atoms with Crippen molar-refractivity contribution < 1.29 is 9.90 Å². The topological polar surface area (TPSA) is 67.8 Å². The maximum absolute atomic E-state index is 12.4. The second-order valence-corrected chi connectivity index (χ2v) is 8.73. The Morgan fingerprint density at radius 2 is 1.74 bits per heavy atom. The zero-order valence-electron chi connectivity index (χ0n) is 18.2. The standard InChI is InChI=1S/C25H34N4O2/c30-19-21-18-28(17-20-6-2-1-3-7-20)15-12-24(21)26-16-25(31)27-22-8-10-23(11-9-22)29-13-4-5-14-29/h1-3,6-11,21,24,26,30H,4-5,12-19H2,(H,27,31)/t21-,24+/m0/s1. The van der Waals surface area contributed by atoms with E-state index in [1.807, 2.05) is 18.2 Å². The largest absolute Gasteiger partial charge is 0.396 e. The summed E-state index contributed by atoms with van der Waals surface area (Å²) in [6.07, 6.45) is 3.43. The van der Waals surface area contributed by atoms with Crippen LogP contribution in [0.3, 0.4) is 0 Å². The molecule has 6 nitrogen and oxygen atoms in total. The molecule has 31 heavy (non-hydrogen) atoms. The molecule has 1 amide bonds. The van der Waals surface area contributed by atoms with Gasteiger partial charge in [-0.15, -0.1) is 0 Å². The Kier molecular flexibility index (Phi) is 7.57. The SMILES string of the molecule is O=C(CN[C@@H]1CCN(Cc2ccccc2)C[C@H]1CO)Nc1ccc(N2CCCC2)cc1. The van der Waals surface area contributed by atoms with Crippen molar-refractivity contribution in [3.63, 3.8) is 0 Å². The highest BCUT2D eigenvalue weighted by Gasteiger charge is 2.28. The number of amides is 1. The number of nitrogens with zero attached hydrogens (tertiary/aromatic N) is 2. The number of carbonyl (C=O) groups excluding carboxylic acids is 1. The Morgan fingerprint density at radius 1 is 1.00 bits per heavy atom. The molecule has 6 heteroatoms. The van der Waals surface area contributed by atoms with Crippen LogP contribution in [-0.2, 0) is 11.3 Å². The lowest BCUT2D eigenvalue weighted by Crippen LogP contribution is -2.51. The molecule has 0 saturated carbocycles. The first-order valence-electron chi connectivity index (χ1n) is 11.5. The van der Waals surface area contributed by atoms with Crippen molar-refractivity contribution in [1.29, 1.82) is 0 Å². The van der Waals surface area contributed by atoms with Crippen molar-refractivity contribution in [2.45, 2.75) is 31.8 Å². The van der Waals surface area contributed by atoms with Gasteiger partial charge < -0.3 is 20.6 Å². The van der Waals surface area contributed by atoms with Crippen LogP contribution in [0.15, 0.2) is 54.6 Å². The number of anilines is 2. The van der Waals surface area contributed by atoms with E-state index in [1.54, 1.807) is 0 Å². The van der Waals surface area contributed by atoms with Gasteiger partial charge in [0.2, 0.25) is 5.91 Å². The smallest absolute Gasteiger partial charge is 0.238 e. The first-order valence-corrected chi connectivity index (χ1v) is 11.5. The third-order valence-corrected chi connectivity index (χ3v) is 6.45. The number of benzene rings is 2. The second kappa shape index (κ2) is 10.8. The van der Waals surface area contributed by atoms with Gasteiger partial charge in [-0.05, 0) is 55.6 Å². The number of nitrogens with one attached hydrogen (secondary N) is 2. The minimum atomic E-state index is -0.0441. The number of hydrogen-bond donors (Lipinski definition) is 3. The molecule has 0 aromatic heterocycles. The van der Waals surface area contributed by atoms with E-state index in [4.69, 9.17) is 0 Å².